The Bertz CT molecular complexity index is 809. The molecule has 0 bridgehead atoms. The van der Waals surface area contributed by atoms with Gasteiger partial charge >= 0.3 is 0 Å². The van der Waals surface area contributed by atoms with E-state index in [1.165, 1.54) is 0 Å². The molecule has 0 spiro atoms. The molecule has 1 amide bonds. The molecule has 4 rings (SSSR count). The Hall–Kier alpha value is -2.61. The van der Waals surface area contributed by atoms with E-state index in [0.29, 0.717) is 36.8 Å². The molecule has 176 valence electrons. The molecule has 2 aromatic carbocycles. The highest BCUT2D eigenvalue weighted by molar-refractivity contribution is 5.83. The number of likely N-dealkylation sites (tertiary alicyclic amines) is 1. The van der Waals surface area contributed by atoms with E-state index in [1.807, 2.05) is 49.1 Å². The fourth-order valence-electron chi connectivity index (χ4n) is 3.73. The first-order valence-corrected chi connectivity index (χ1v) is 11.3. The number of carbonyl (C=O) groups excluding carboxylic acids is 1. The standard InChI is InChI=1S/C22H26N2O4.C2H6.CH4O/c25-21(17-8-9-18-19(14-17)28-13-12-27-18)20(22(26)24-10-4-5-11-24)23-15-16-6-2-1-3-7-16;2*1-2/h1-3,6-9,14,20-21,23,25H,4-5,10-13,15H2;1-2H3;2H,1H3. The Balaban J connectivity index is 0.000000860. The Kier molecular flexibility index (Phi) is 11.0. The monoisotopic (exact) mass is 444 g/mol. The third kappa shape index (κ3) is 6.69. The second kappa shape index (κ2) is 13.7. The number of nitrogens with zero attached hydrogens (tertiary/aromatic N) is 1. The maximum atomic E-state index is 13.1. The van der Waals surface area contributed by atoms with Crippen LogP contribution < -0.4 is 14.8 Å². The zero-order chi connectivity index (χ0) is 23.3. The number of hydrogen-bond donors (Lipinski definition) is 3. The van der Waals surface area contributed by atoms with Crippen LogP contribution in [0, 0.1) is 0 Å². The second-order valence-electron chi connectivity index (χ2n) is 7.22. The van der Waals surface area contributed by atoms with E-state index in [2.05, 4.69) is 5.32 Å². The average molecular weight is 445 g/mol. The number of aliphatic hydroxyl groups is 2. The van der Waals surface area contributed by atoms with Crippen LogP contribution in [0.3, 0.4) is 0 Å². The summed E-state index contributed by atoms with van der Waals surface area (Å²) in [6.07, 6.45) is 1.04. The van der Waals surface area contributed by atoms with Crippen LogP contribution in [0.25, 0.3) is 0 Å². The van der Waals surface area contributed by atoms with Crippen molar-refractivity contribution in [1.29, 1.82) is 0 Å². The van der Waals surface area contributed by atoms with Gasteiger partial charge in [-0.3, -0.25) is 10.1 Å². The first-order chi connectivity index (χ1) is 15.7. The van der Waals surface area contributed by atoms with Crippen LogP contribution in [-0.2, 0) is 11.3 Å². The van der Waals surface area contributed by atoms with Crippen LogP contribution in [0.15, 0.2) is 48.5 Å². The highest BCUT2D eigenvalue weighted by Crippen LogP contribution is 2.33. The van der Waals surface area contributed by atoms with Crippen LogP contribution in [0.1, 0.15) is 43.9 Å². The zero-order valence-electron chi connectivity index (χ0n) is 19.3. The van der Waals surface area contributed by atoms with Crippen molar-refractivity contribution >= 4 is 5.91 Å². The number of hydrogen-bond acceptors (Lipinski definition) is 6. The van der Waals surface area contributed by atoms with Crippen molar-refractivity contribution in [2.24, 2.45) is 0 Å². The summed E-state index contributed by atoms with van der Waals surface area (Å²) in [6, 6.07) is 14.5. The van der Waals surface area contributed by atoms with E-state index in [4.69, 9.17) is 14.6 Å². The second-order valence-corrected chi connectivity index (χ2v) is 7.22. The molecule has 1 saturated heterocycles. The summed E-state index contributed by atoms with van der Waals surface area (Å²) in [4.78, 5) is 15.0. The normalized spacial score (nSPS) is 16.1. The van der Waals surface area contributed by atoms with Gasteiger partial charge in [-0.05, 0) is 36.1 Å². The van der Waals surface area contributed by atoms with Gasteiger partial charge in [-0.25, -0.2) is 0 Å². The average Bonchev–Trinajstić information content (AvgIpc) is 3.42. The van der Waals surface area contributed by atoms with Gasteiger partial charge < -0.3 is 24.6 Å². The van der Waals surface area contributed by atoms with Gasteiger partial charge in [0, 0.05) is 26.7 Å². The lowest BCUT2D eigenvalue weighted by molar-refractivity contribution is -0.135. The van der Waals surface area contributed by atoms with E-state index in [-0.39, 0.29) is 5.91 Å². The quantitative estimate of drug-likeness (QED) is 0.635. The molecule has 3 N–H and O–H groups in total. The smallest absolute Gasteiger partial charge is 0.242 e. The predicted octanol–water partition coefficient (Wildman–Crippen LogP) is 2.91. The fourth-order valence-corrected chi connectivity index (χ4v) is 3.73. The summed E-state index contributed by atoms with van der Waals surface area (Å²) >= 11 is 0. The van der Waals surface area contributed by atoms with Gasteiger partial charge in [0.05, 0.1) is 0 Å². The van der Waals surface area contributed by atoms with Gasteiger partial charge in [-0.1, -0.05) is 50.2 Å². The molecule has 0 aliphatic carbocycles. The van der Waals surface area contributed by atoms with E-state index in [9.17, 15) is 9.90 Å². The molecule has 7 nitrogen and oxygen atoms in total. The molecule has 7 heteroatoms. The van der Waals surface area contributed by atoms with E-state index in [0.717, 1.165) is 38.6 Å². The van der Waals surface area contributed by atoms with E-state index >= 15 is 0 Å². The van der Waals surface area contributed by atoms with Crippen molar-refractivity contribution in [1.82, 2.24) is 10.2 Å². The minimum absolute atomic E-state index is 0.0594. The lowest BCUT2D eigenvalue weighted by Crippen LogP contribution is -2.48. The van der Waals surface area contributed by atoms with Crippen molar-refractivity contribution in [2.75, 3.05) is 33.4 Å². The summed E-state index contributed by atoms with van der Waals surface area (Å²) < 4.78 is 11.2. The number of rotatable bonds is 6. The number of fused-ring (bicyclic) bond motifs is 1. The summed E-state index contributed by atoms with van der Waals surface area (Å²) in [5.41, 5.74) is 1.71. The van der Waals surface area contributed by atoms with E-state index < -0.39 is 12.1 Å². The molecule has 0 aromatic heterocycles. The zero-order valence-corrected chi connectivity index (χ0v) is 19.3. The fraction of sp³-hybridized carbons (Fsp3) is 0.480. The summed E-state index contributed by atoms with van der Waals surface area (Å²) in [7, 11) is 1.00. The maximum absolute atomic E-state index is 13.1. The molecule has 2 heterocycles. The van der Waals surface area contributed by atoms with Crippen LogP contribution in [0.2, 0.25) is 0 Å². The summed E-state index contributed by atoms with van der Waals surface area (Å²) in [5, 5.41) is 21.4. The Labute approximate surface area is 191 Å². The molecule has 1 fully saturated rings. The Morgan fingerprint density at radius 3 is 2.28 bits per heavy atom. The van der Waals surface area contributed by atoms with Crippen LogP contribution >= 0.6 is 0 Å². The number of ether oxygens (including phenoxy) is 2. The largest absolute Gasteiger partial charge is 0.486 e. The number of amides is 1. The third-order valence-corrected chi connectivity index (χ3v) is 5.28. The molecule has 0 saturated carbocycles. The minimum atomic E-state index is -0.979. The number of benzene rings is 2. The Morgan fingerprint density at radius 1 is 1.00 bits per heavy atom. The highest BCUT2D eigenvalue weighted by Gasteiger charge is 2.33. The first kappa shape index (κ1) is 25.6. The van der Waals surface area contributed by atoms with Gasteiger partial charge in [-0.15, -0.1) is 0 Å². The van der Waals surface area contributed by atoms with Crippen molar-refractivity contribution < 1.29 is 24.5 Å². The van der Waals surface area contributed by atoms with Gasteiger partial charge in [0.1, 0.15) is 25.4 Å². The molecule has 2 aliphatic rings. The molecule has 2 unspecified atom stereocenters. The van der Waals surface area contributed by atoms with Crippen molar-refractivity contribution in [3.63, 3.8) is 0 Å². The lowest BCUT2D eigenvalue weighted by Gasteiger charge is -2.29. The number of nitrogens with one attached hydrogen (secondary N) is 1. The van der Waals surface area contributed by atoms with Gasteiger partial charge in [0.25, 0.3) is 0 Å². The lowest BCUT2D eigenvalue weighted by atomic mass is 10.00. The third-order valence-electron chi connectivity index (χ3n) is 5.28. The first-order valence-electron chi connectivity index (χ1n) is 11.3. The number of aliphatic hydroxyl groups excluding tert-OH is 2. The Morgan fingerprint density at radius 2 is 1.62 bits per heavy atom. The van der Waals surface area contributed by atoms with Gasteiger partial charge in [-0.2, -0.15) is 0 Å². The molecular formula is C25H36N2O5. The van der Waals surface area contributed by atoms with Crippen LogP contribution in [-0.4, -0.2) is 60.5 Å². The SMILES string of the molecule is CC.CO.O=C(C(NCc1ccccc1)C(O)c1ccc2c(c1)OCCO2)N1CCCC1. The molecule has 0 radical (unpaired) electrons. The van der Waals surface area contributed by atoms with Crippen molar-refractivity contribution in [3.05, 3.63) is 59.7 Å². The molecule has 32 heavy (non-hydrogen) atoms. The summed E-state index contributed by atoms with van der Waals surface area (Å²) in [5.74, 6) is 1.22. The van der Waals surface area contributed by atoms with Gasteiger partial charge in [0.2, 0.25) is 5.91 Å². The maximum Gasteiger partial charge on any atom is 0.242 e. The topological polar surface area (TPSA) is 91.3 Å². The number of carbonyl (C=O) groups is 1. The molecule has 2 aromatic rings. The minimum Gasteiger partial charge on any atom is -0.486 e. The van der Waals surface area contributed by atoms with Crippen molar-refractivity contribution in [2.45, 2.75) is 45.4 Å². The molecular weight excluding hydrogens is 408 g/mol. The highest BCUT2D eigenvalue weighted by atomic mass is 16.6. The summed E-state index contributed by atoms with van der Waals surface area (Å²) in [6.45, 7) is 7.00. The van der Waals surface area contributed by atoms with Crippen molar-refractivity contribution in [3.8, 4) is 11.5 Å². The van der Waals surface area contributed by atoms with Gasteiger partial charge in [0.15, 0.2) is 11.5 Å². The van der Waals surface area contributed by atoms with E-state index in [1.54, 1.807) is 18.2 Å². The predicted molar refractivity (Wildman–Crippen MR) is 125 cm³/mol. The van der Waals surface area contributed by atoms with Crippen LogP contribution in [0.4, 0.5) is 0 Å². The molecule has 2 aliphatic heterocycles. The molecule has 2 atom stereocenters. The van der Waals surface area contributed by atoms with Crippen LogP contribution in [0.5, 0.6) is 11.5 Å².